The summed E-state index contributed by atoms with van der Waals surface area (Å²) in [5.41, 5.74) is -2.67. The zero-order chi connectivity index (χ0) is 24.3. The molecule has 186 valence electrons. The normalized spacial score (nSPS) is 45.5. The Labute approximate surface area is 194 Å². The van der Waals surface area contributed by atoms with Crippen LogP contribution in [-0.4, -0.2) is 72.3 Å². The van der Waals surface area contributed by atoms with Gasteiger partial charge in [-0.25, -0.2) is 0 Å². The van der Waals surface area contributed by atoms with Crippen molar-refractivity contribution in [2.75, 3.05) is 13.2 Å². The van der Waals surface area contributed by atoms with Crippen LogP contribution in [0.1, 0.15) is 60.8 Å². The average molecular weight is 469 g/mol. The number of aliphatic hydroxyl groups is 1. The van der Waals surface area contributed by atoms with Crippen molar-refractivity contribution in [2.45, 2.75) is 96.9 Å². The molecule has 0 aromatic rings. The Kier molecular flexibility index (Phi) is 6.07. The highest BCUT2D eigenvalue weighted by molar-refractivity contribution is 5.70. The molecular formula is C24H36O9. The number of aliphatic hydroxyl groups excluding tert-OH is 1. The van der Waals surface area contributed by atoms with Gasteiger partial charge in [0.2, 0.25) is 0 Å². The van der Waals surface area contributed by atoms with E-state index in [9.17, 15) is 19.5 Å². The monoisotopic (exact) mass is 468 g/mol. The summed E-state index contributed by atoms with van der Waals surface area (Å²) in [6.45, 7) is 10.8. The number of hydrogen-bond donors (Lipinski definition) is 1. The van der Waals surface area contributed by atoms with Gasteiger partial charge in [-0.1, -0.05) is 27.7 Å². The molecule has 2 saturated carbocycles. The van der Waals surface area contributed by atoms with E-state index in [1.54, 1.807) is 0 Å². The fourth-order valence-electron chi connectivity index (χ4n) is 6.67. The van der Waals surface area contributed by atoms with E-state index in [1.807, 2.05) is 27.7 Å². The van der Waals surface area contributed by atoms with E-state index in [4.69, 9.17) is 23.7 Å². The van der Waals surface area contributed by atoms with Crippen LogP contribution in [0.25, 0.3) is 0 Å². The zero-order valence-corrected chi connectivity index (χ0v) is 20.3. The standard InChI is InChI=1S/C24H36O9/c1-12(2)7-18(27)32-16-9-23(10-29-14(4)25)17(8-13(16)3)33-21-19(28)20(31-15(5)26)22(23,6)24(21)11-30-24/h12-13,16-17,19-21,28H,7-11H2,1-6H3/t13?,16-,17+,19+,20+,21+,22+,23+,24-/m0/s1. The van der Waals surface area contributed by atoms with E-state index >= 15 is 0 Å². The minimum absolute atomic E-state index is 0.00180. The predicted molar refractivity (Wildman–Crippen MR) is 114 cm³/mol. The van der Waals surface area contributed by atoms with Crippen molar-refractivity contribution < 1.29 is 43.2 Å². The van der Waals surface area contributed by atoms with Gasteiger partial charge in [-0.05, 0) is 24.7 Å². The van der Waals surface area contributed by atoms with Gasteiger partial charge in [-0.3, -0.25) is 14.4 Å². The third-order valence-electron chi connectivity index (χ3n) is 8.41. The highest BCUT2D eigenvalue weighted by Gasteiger charge is 2.86. The minimum Gasteiger partial charge on any atom is -0.465 e. The molecule has 2 heterocycles. The molecule has 33 heavy (non-hydrogen) atoms. The molecule has 4 aliphatic rings. The molecule has 0 amide bonds. The molecular weight excluding hydrogens is 432 g/mol. The molecule has 0 aromatic carbocycles. The van der Waals surface area contributed by atoms with Crippen LogP contribution < -0.4 is 0 Å². The predicted octanol–water partition coefficient (Wildman–Crippen LogP) is 1.77. The number of hydrogen-bond acceptors (Lipinski definition) is 9. The fraction of sp³-hybridized carbons (Fsp3) is 0.875. The Morgan fingerprint density at radius 1 is 1.15 bits per heavy atom. The molecule has 1 N–H and O–H groups in total. The van der Waals surface area contributed by atoms with Gasteiger partial charge in [0.05, 0.1) is 18.1 Å². The summed E-state index contributed by atoms with van der Waals surface area (Å²) in [5.74, 6) is -1.08. The van der Waals surface area contributed by atoms with Crippen molar-refractivity contribution in [1.29, 1.82) is 0 Å². The molecule has 1 unspecified atom stereocenters. The Morgan fingerprint density at radius 3 is 2.36 bits per heavy atom. The van der Waals surface area contributed by atoms with Crippen LogP contribution in [0, 0.1) is 22.7 Å². The molecule has 1 spiro atoms. The molecule has 9 heteroatoms. The summed E-state index contributed by atoms with van der Waals surface area (Å²) in [7, 11) is 0. The molecule has 9 atom stereocenters. The van der Waals surface area contributed by atoms with Crippen LogP contribution in [0.3, 0.4) is 0 Å². The topological polar surface area (TPSA) is 121 Å². The van der Waals surface area contributed by atoms with Crippen molar-refractivity contribution in [3.05, 3.63) is 0 Å². The highest BCUT2D eigenvalue weighted by Crippen LogP contribution is 2.72. The van der Waals surface area contributed by atoms with Crippen LogP contribution in [0.15, 0.2) is 0 Å². The fourth-order valence-corrected chi connectivity index (χ4v) is 6.67. The maximum atomic E-state index is 12.6. The number of esters is 3. The lowest BCUT2D eigenvalue weighted by molar-refractivity contribution is -0.271. The second kappa shape index (κ2) is 8.20. The molecule has 9 nitrogen and oxygen atoms in total. The van der Waals surface area contributed by atoms with Crippen LogP contribution in [0.4, 0.5) is 0 Å². The van der Waals surface area contributed by atoms with Crippen LogP contribution in [0.2, 0.25) is 0 Å². The Hall–Kier alpha value is -1.71. The van der Waals surface area contributed by atoms with Gasteiger partial charge >= 0.3 is 17.9 Å². The minimum atomic E-state index is -1.08. The largest absolute Gasteiger partial charge is 0.465 e. The van der Waals surface area contributed by atoms with Gasteiger partial charge in [0.25, 0.3) is 0 Å². The van der Waals surface area contributed by atoms with E-state index in [-0.39, 0.29) is 24.4 Å². The van der Waals surface area contributed by atoms with E-state index in [1.165, 1.54) is 13.8 Å². The smallest absolute Gasteiger partial charge is 0.306 e. The van der Waals surface area contributed by atoms with Gasteiger partial charge in [0, 0.05) is 25.7 Å². The lowest BCUT2D eigenvalue weighted by Crippen LogP contribution is -2.69. The molecule has 2 bridgehead atoms. The molecule has 4 rings (SSSR count). The number of fused-ring (bicyclic) bond motifs is 2. The summed E-state index contributed by atoms with van der Waals surface area (Å²) < 4.78 is 29.6. The van der Waals surface area contributed by atoms with Gasteiger partial charge < -0.3 is 28.8 Å². The first-order valence-corrected chi connectivity index (χ1v) is 11.9. The van der Waals surface area contributed by atoms with Crippen molar-refractivity contribution in [2.24, 2.45) is 22.7 Å². The number of epoxide rings is 1. The summed E-state index contributed by atoms with van der Waals surface area (Å²) in [4.78, 5) is 36.5. The number of carbonyl (C=O) groups is 3. The van der Waals surface area contributed by atoms with Crippen molar-refractivity contribution in [3.8, 4) is 0 Å². The first-order chi connectivity index (χ1) is 15.4. The molecule has 4 fully saturated rings. The second-order valence-corrected chi connectivity index (χ2v) is 10.9. The quantitative estimate of drug-likeness (QED) is 0.353. The van der Waals surface area contributed by atoms with E-state index in [0.717, 1.165) is 0 Å². The zero-order valence-electron chi connectivity index (χ0n) is 20.3. The molecule has 2 aliphatic heterocycles. The lowest BCUT2D eigenvalue weighted by atomic mass is 9.49. The van der Waals surface area contributed by atoms with Gasteiger partial charge in [-0.15, -0.1) is 0 Å². The van der Waals surface area contributed by atoms with E-state index in [2.05, 4.69) is 0 Å². The van der Waals surface area contributed by atoms with E-state index in [0.29, 0.717) is 25.9 Å². The molecule has 0 aromatic heterocycles. The maximum absolute atomic E-state index is 12.6. The Balaban J connectivity index is 1.77. The highest BCUT2D eigenvalue weighted by atomic mass is 16.7. The van der Waals surface area contributed by atoms with Gasteiger partial charge in [-0.2, -0.15) is 0 Å². The van der Waals surface area contributed by atoms with E-state index < -0.39 is 58.9 Å². The number of rotatable bonds is 6. The summed E-state index contributed by atoms with van der Waals surface area (Å²) in [5, 5.41) is 11.2. The molecule has 0 radical (unpaired) electrons. The van der Waals surface area contributed by atoms with Crippen molar-refractivity contribution in [3.63, 3.8) is 0 Å². The maximum Gasteiger partial charge on any atom is 0.306 e. The summed E-state index contributed by atoms with van der Waals surface area (Å²) in [6, 6.07) is 0. The van der Waals surface area contributed by atoms with Crippen LogP contribution >= 0.6 is 0 Å². The Morgan fingerprint density at radius 2 is 1.82 bits per heavy atom. The first-order valence-electron chi connectivity index (χ1n) is 11.9. The summed E-state index contributed by atoms with van der Waals surface area (Å²) >= 11 is 0. The first kappa shape index (κ1) is 24.4. The number of ether oxygens (including phenoxy) is 5. The Bertz CT molecular complexity index is 821. The van der Waals surface area contributed by atoms with Gasteiger partial charge in [0.15, 0.2) is 0 Å². The van der Waals surface area contributed by atoms with Crippen LogP contribution in [0.5, 0.6) is 0 Å². The van der Waals surface area contributed by atoms with Crippen molar-refractivity contribution in [1.82, 2.24) is 0 Å². The molecule has 2 aliphatic carbocycles. The SMILES string of the molecule is CC(=O)OC[C@]12C[C@H](OC(=O)CC(C)C)C(C)C[C@H]1O[C@@H]1[C@H](O)[C@@H](OC(C)=O)[C@@]2(C)[C@]12CO2. The third kappa shape index (κ3) is 3.58. The van der Waals surface area contributed by atoms with Crippen LogP contribution in [-0.2, 0) is 38.1 Å². The molecule has 2 saturated heterocycles. The van der Waals surface area contributed by atoms with Crippen molar-refractivity contribution >= 4 is 17.9 Å². The number of carbonyl (C=O) groups excluding carboxylic acids is 3. The lowest BCUT2D eigenvalue weighted by Gasteiger charge is -2.60. The second-order valence-electron chi connectivity index (χ2n) is 10.9. The summed E-state index contributed by atoms with van der Waals surface area (Å²) in [6.07, 6.45) is -2.30. The third-order valence-corrected chi connectivity index (χ3v) is 8.41. The average Bonchev–Trinajstić information content (AvgIpc) is 3.48. The van der Waals surface area contributed by atoms with Gasteiger partial charge in [0.1, 0.15) is 36.6 Å².